The predicted octanol–water partition coefficient (Wildman–Crippen LogP) is 17.6. The molecule has 12 aromatic rings. The smallest absolute Gasteiger partial charge is 0.0562 e. The Morgan fingerprint density at radius 3 is 1.75 bits per heavy atom. The molecule has 0 aliphatic rings. The third-order valence-corrected chi connectivity index (χ3v) is 13.9. The number of hydrogen-bond acceptors (Lipinski definition) is 2. The van der Waals surface area contributed by atoms with Gasteiger partial charge in [-0.25, -0.2) is 0 Å². The Morgan fingerprint density at radius 2 is 0.969 bits per heavy atom. The molecule has 0 unspecified atom stereocenters. The summed E-state index contributed by atoms with van der Waals surface area (Å²) < 4.78 is 5.13. The second-order valence-electron chi connectivity index (χ2n) is 16.5. The molecule has 0 aliphatic carbocycles. The Morgan fingerprint density at radius 1 is 0.375 bits per heavy atom. The third-order valence-electron chi connectivity index (χ3n) is 12.7. The molecule has 2 nitrogen and oxygen atoms in total. The lowest BCUT2D eigenvalue weighted by Crippen LogP contribution is -2.12. The van der Waals surface area contributed by atoms with E-state index in [0.29, 0.717) is 0 Å². The Hall–Kier alpha value is -7.98. The molecule has 12 rings (SSSR count). The Balaban J connectivity index is 1.14. The quantitative estimate of drug-likeness (QED) is 0.148. The number of rotatable bonds is 8. The monoisotopic (exact) mass is 834 g/mol. The number of benzene rings is 10. The van der Waals surface area contributed by atoms with Crippen molar-refractivity contribution < 1.29 is 0 Å². The molecule has 0 aliphatic heterocycles. The van der Waals surface area contributed by atoms with Gasteiger partial charge in [-0.1, -0.05) is 176 Å². The minimum Gasteiger partial charge on any atom is -0.309 e. The first kappa shape index (κ1) is 37.8. The highest BCUT2D eigenvalue weighted by Crippen LogP contribution is 2.49. The standard InChI is InChI=1S/C61H42N2S/c1-41-19-17-31-55(60(41)45-35-38-59-52(39-45)49-27-13-16-34-58(49)64-59)63-54-30-15-12-28-50(54)61-56(32-18-33-57(61)63)62(53-29-14-11-26-48(53)43-22-7-3-8-23-43)46-36-37-47(42-20-5-2-6-21-42)51(40-46)44-24-9-4-10-25-44/h2-40H,1H3. The highest BCUT2D eigenvalue weighted by molar-refractivity contribution is 7.25. The molecule has 10 aromatic carbocycles. The molecule has 0 saturated carbocycles. The number of para-hydroxylation sites is 2. The molecule has 2 aromatic heterocycles. The van der Waals surface area contributed by atoms with Gasteiger partial charge in [0.15, 0.2) is 0 Å². The molecule has 2 heterocycles. The number of fused-ring (bicyclic) bond motifs is 6. The molecule has 0 amide bonds. The van der Waals surface area contributed by atoms with E-state index < -0.39 is 0 Å². The zero-order chi connectivity index (χ0) is 42.6. The Bertz CT molecular complexity index is 3680. The molecule has 0 bridgehead atoms. The topological polar surface area (TPSA) is 8.17 Å². The molecule has 3 heteroatoms. The maximum atomic E-state index is 2.50. The van der Waals surface area contributed by atoms with E-state index in [1.807, 2.05) is 11.3 Å². The molecule has 0 atom stereocenters. The first-order valence-corrected chi connectivity index (χ1v) is 22.7. The SMILES string of the molecule is Cc1cccc(-n2c3ccccc3c3c(N(c4ccc(-c5ccccc5)c(-c5ccccc5)c4)c4ccccc4-c4ccccc4)cccc32)c1-c1ccc2sc3ccccc3c2c1. The van der Waals surface area contributed by atoms with Gasteiger partial charge in [-0.05, 0) is 107 Å². The van der Waals surface area contributed by atoms with Gasteiger partial charge >= 0.3 is 0 Å². The van der Waals surface area contributed by atoms with E-state index in [4.69, 9.17) is 0 Å². The van der Waals surface area contributed by atoms with E-state index in [-0.39, 0.29) is 0 Å². The third kappa shape index (κ3) is 6.32. The molecule has 0 spiro atoms. The largest absolute Gasteiger partial charge is 0.309 e. The average Bonchev–Trinajstić information content (AvgIpc) is 3.91. The van der Waals surface area contributed by atoms with Crippen LogP contribution in [0.1, 0.15) is 5.56 Å². The molecule has 0 saturated heterocycles. The van der Waals surface area contributed by atoms with Crippen molar-refractivity contribution in [2.24, 2.45) is 0 Å². The zero-order valence-electron chi connectivity index (χ0n) is 35.3. The van der Waals surface area contributed by atoms with Crippen molar-refractivity contribution >= 4 is 70.4 Å². The molecule has 0 N–H and O–H groups in total. The van der Waals surface area contributed by atoms with E-state index >= 15 is 0 Å². The van der Waals surface area contributed by atoms with Crippen LogP contribution in [0.25, 0.3) is 92.2 Å². The lowest BCUT2D eigenvalue weighted by atomic mass is 9.93. The van der Waals surface area contributed by atoms with E-state index in [0.717, 1.165) is 33.8 Å². The molecular weight excluding hydrogens is 793 g/mol. The highest BCUT2D eigenvalue weighted by Gasteiger charge is 2.25. The zero-order valence-corrected chi connectivity index (χ0v) is 36.1. The van der Waals surface area contributed by atoms with Crippen molar-refractivity contribution in [2.75, 3.05) is 4.90 Å². The van der Waals surface area contributed by atoms with Crippen LogP contribution in [0.3, 0.4) is 0 Å². The maximum Gasteiger partial charge on any atom is 0.0562 e. The van der Waals surface area contributed by atoms with E-state index in [1.165, 1.54) is 81.0 Å². The minimum atomic E-state index is 1.08. The number of nitrogens with zero attached hydrogens (tertiary/aromatic N) is 2. The normalized spacial score (nSPS) is 11.5. The van der Waals surface area contributed by atoms with Gasteiger partial charge in [-0.3, -0.25) is 0 Å². The summed E-state index contributed by atoms with van der Waals surface area (Å²) in [6, 6.07) is 86.5. The van der Waals surface area contributed by atoms with Crippen molar-refractivity contribution in [1.29, 1.82) is 0 Å². The van der Waals surface area contributed by atoms with Gasteiger partial charge in [0.05, 0.1) is 28.1 Å². The van der Waals surface area contributed by atoms with E-state index in [9.17, 15) is 0 Å². The Labute approximate surface area is 377 Å². The fourth-order valence-corrected chi connectivity index (χ4v) is 11.0. The van der Waals surface area contributed by atoms with Crippen LogP contribution in [-0.2, 0) is 0 Å². The fourth-order valence-electron chi connectivity index (χ4n) is 9.88. The summed E-state index contributed by atoms with van der Waals surface area (Å²) in [7, 11) is 0. The summed E-state index contributed by atoms with van der Waals surface area (Å²) in [4.78, 5) is 2.50. The summed E-state index contributed by atoms with van der Waals surface area (Å²) in [5.41, 5.74) is 17.6. The van der Waals surface area contributed by atoms with Gasteiger partial charge in [0.1, 0.15) is 0 Å². The molecule has 0 fully saturated rings. The van der Waals surface area contributed by atoms with E-state index in [1.54, 1.807) is 0 Å². The van der Waals surface area contributed by atoms with Gasteiger partial charge in [0.2, 0.25) is 0 Å². The first-order chi connectivity index (χ1) is 31.7. The van der Waals surface area contributed by atoms with Crippen LogP contribution in [0.15, 0.2) is 237 Å². The maximum absolute atomic E-state index is 2.50. The highest BCUT2D eigenvalue weighted by atomic mass is 32.1. The summed E-state index contributed by atoms with van der Waals surface area (Å²) >= 11 is 1.86. The lowest BCUT2D eigenvalue weighted by Gasteiger charge is -2.30. The number of thiophene rings is 1. The van der Waals surface area contributed by atoms with Crippen LogP contribution in [0.2, 0.25) is 0 Å². The molecular formula is C61H42N2S. The van der Waals surface area contributed by atoms with Crippen LogP contribution in [0.4, 0.5) is 17.1 Å². The van der Waals surface area contributed by atoms with Crippen molar-refractivity contribution in [3.05, 3.63) is 242 Å². The molecule has 64 heavy (non-hydrogen) atoms. The summed E-state index contributed by atoms with van der Waals surface area (Å²) in [6.45, 7) is 2.25. The lowest BCUT2D eigenvalue weighted by molar-refractivity contribution is 1.17. The first-order valence-electron chi connectivity index (χ1n) is 21.9. The van der Waals surface area contributed by atoms with Crippen LogP contribution in [0.5, 0.6) is 0 Å². The average molecular weight is 835 g/mol. The van der Waals surface area contributed by atoms with Gasteiger partial charge in [-0.2, -0.15) is 0 Å². The van der Waals surface area contributed by atoms with Crippen molar-refractivity contribution in [3.8, 4) is 50.2 Å². The van der Waals surface area contributed by atoms with Crippen LogP contribution in [-0.4, -0.2) is 4.57 Å². The van der Waals surface area contributed by atoms with Crippen LogP contribution in [0, 0.1) is 6.92 Å². The number of aryl methyl sites for hydroxylation is 1. The van der Waals surface area contributed by atoms with Crippen molar-refractivity contribution in [1.82, 2.24) is 4.57 Å². The number of hydrogen-bond donors (Lipinski definition) is 0. The van der Waals surface area contributed by atoms with Gasteiger partial charge in [0.25, 0.3) is 0 Å². The second kappa shape index (κ2) is 15.7. The van der Waals surface area contributed by atoms with Crippen molar-refractivity contribution in [3.63, 3.8) is 0 Å². The van der Waals surface area contributed by atoms with Gasteiger partial charge < -0.3 is 9.47 Å². The Kier molecular flexibility index (Phi) is 9.28. The van der Waals surface area contributed by atoms with Crippen LogP contribution >= 0.6 is 11.3 Å². The summed E-state index contributed by atoms with van der Waals surface area (Å²) in [5.74, 6) is 0. The van der Waals surface area contributed by atoms with Crippen molar-refractivity contribution in [2.45, 2.75) is 6.92 Å². The molecule has 0 radical (unpaired) electrons. The summed E-state index contributed by atoms with van der Waals surface area (Å²) in [6.07, 6.45) is 0. The molecule has 302 valence electrons. The number of aromatic nitrogens is 1. The van der Waals surface area contributed by atoms with Crippen LogP contribution < -0.4 is 4.90 Å². The summed E-state index contributed by atoms with van der Waals surface area (Å²) in [5, 5.41) is 5.01. The van der Waals surface area contributed by atoms with Gasteiger partial charge in [-0.15, -0.1) is 11.3 Å². The number of anilines is 3. The van der Waals surface area contributed by atoms with Gasteiger partial charge in [0, 0.05) is 47.8 Å². The minimum absolute atomic E-state index is 1.08. The predicted molar refractivity (Wildman–Crippen MR) is 275 cm³/mol. The second-order valence-corrected chi connectivity index (χ2v) is 17.6. The fraction of sp³-hybridized carbons (Fsp3) is 0.0164. The van der Waals surface area contributed by atoms with E-state index in [2.05, 4.69) is 253 Å².